The Morgan fingerprint density at radius 3 is 2.49 bits per heavy atom. The monoisotopic (exact) mass is 527 g/mol. The lowest BCUT2D eigenvalue weighted by molar-refractivity contribution is 0.0844. The Morgan fingerprint density at radius 2 is 1.72 bits per heavy atom. The Hall–Kier alpha value is -5.19. The highest BCUT2D eigenvalue weighted by Crippen LogP contribution is 2.24. The summed E-state index contributed by atoms with van der Waals surface area (Å²) >= 11 is 0. The van der Waals surface area contributed by atoms with E-state index < -0.39 is 23.0 Å². The van der Waals surface area contributed by atoms with Crippen molar-refractivity contribution in [2.75, 3.05) is 11.9 Å². The number of hydrogen-bond donors (Lipinski definition) is 3. The van der Waals surface area contributed by atoms with Crippen molar-refractivity contribution in [1.82, 2.24) is 20.4 Å². The topological polar surface area (TPSA) is 148 Å². The number of furan rings is 1. The van der Waals surface area contributed by atoms with E-state index in [-0.39, 0.29) is 33.9 Å². The van der Waals surface area contributed by atoms with Crippen molar-refractivity contribution in [1.29, 1.82) is 0 Å². The quantitative estimate of drug-likeness (QED) is 0.224. The first-order valence-corrected chi connectivity index (χ1v) is 12.3. The van der Waals surface area contributed by atoms with Crippen LogP contribution in [-0.4, -0.2) is 27.9 Å². The van der Waals surface area contributed by atoms with E-state index in [0.29, 0.717) is 23.2 Å². The van der Waals surface area contributed by atoms with Gasteiger partial charge in [-0.2, -0.15) is 4.98 Å². The lowest BCUT2D eigenvalue weighted by atomic mass is 10.1. The molecule has 0 aliphatic carbocycles. The van der Waals surface area contributed by atoms with Crippen LogP contribution in [0.1, 0.15) is 45.4 Å². The van der Waals surface area contributed by atoms with Crippen molar-refractivity contribution in [3.63, 3.8) is 0 Å². The third-order valence-electron chi connectivity index (χ3n) is 6.10. The molecule has 0 bridgehead atoms. The molecule has 2 aromatic carbocycles. The molecular weight excluding hydrogens is 502 g/mol. The number of anilines is 1. The van der Waals surface area contributed by atoms with Gasteiger partial charge >= 0.3 is 5.63 Å². The molecule has 3 N–H and O–H groups in total. The molecule has 0 saturated heterocycles. The average Bonchev–Trinajstić information content (AvgIpc) is 3.26. The third-order valence-corrected chi connectivity index (χ3v) is 6.10. The number of hydrazine groups is 1. The number of nitrogens with zero attached hydrogens (tertiary/aromatic N) is 2. The fourth-order valence-electron chi connectivity index (χ4n) is 4.26. The van der Waals surface area contributed by atoms with Gasteiger partial charge in [0.1, 0.15) is 22.3 Å². The summed E-state index contributed by atoms with van der Waals surface area (Å²) in [5.41, 5.74) is 4.53. The molecule has 39 heavy (non-hydrogen) atoms. The van der Waals surface area contributed by atoms with Crippen molar-refractivity contribution in [2.24, 2.45) is 0 Å². The third kappa shape index (κ3) is 4.77. The smallest absolute Gasteiger partial charge is 0.349 e. The summed E-state index contributed by atoms with van der Waals surface area (Å²) in [6, 6.07) is 15.4. The van der Waals surface area contributed by atoms with Crippen molar-refractivity contribution < 1.29 is 18.4 Å². The Labute approximate surface area is 221 Å². The summed E-state index contributed by atoms with van der Waals surface area (Å²) < 4.78 is 12.3. The van der Waals surface area contributed by atoms with Gasteiger partial charge in [0.2, 0.25) is 11.7 Å². The largest absolute Gasteiger partial charge is 0.442 e. The van der Waals surface area contributed by atoms with Gasteiger partial charge in [0.25, 0.3) is 17.4 Å². The van der Waals surface area contributed by atoms with Crippen LogP contribution in [0.2, 0.25) is 0 Å². The Bertz CT molecular complexity index is 1870. The van der Waals surface area contributed by atoms with Crippen LogP contribution in [0, 0.1) is 13.8 Å². The van der Waals surface area contributed by atoms with Crippen LogP contribution >= 0.6 is 0 Å². The van der Waals surface area contributed by atoms with E-state index in [9.17, 15) is 19.2 Å². The van der Waals surface area contributed by atoms with Gasteiger partial charge in [0, 0.05) is 11.9 Å². The van der Waals surface area contributed by atoms with E-state index in [2.05, 4.69) is 21.2 Å². The van der Waals surface area contributed by atoms with Crippen LogP contribution in [0.4, 0.5) is 5.95 Å². The number of benzene rings is 2. The van der Waals surface area contributed by atoms with Gasteiger partial charge in [-0.05, 0) is 50.1 Å². The first kappa shape index (κ1) is 25.5. The molecule has 198 valence electrons. The SMILES string of the molecule is CCCNc1nc2oc(C)c(C(=O)NNC(=O)c3cc4ccccc4oc3=O)c2c(=O)n1-c1cccc(C)c1. The fourth-order valence-corrected chi connectivity index (χ4v) is 4.26. The summed E-state index contributed by atoms with van der Waals surface area (Å²) in [4.78, 5) is 56.5. The Morgan fingerprint density at radius 1 is 0.949 bits per heavy atom. The molecule has 2 amide bonds. The number of aryl methyl sites for hydroxylation is 2. The molecule has 3 heterocycles. The van der Waals surface area contributed by atoms with Crippen LogP contribution in [0.25, 0.3) is 27.8 Å². The van der Waals surface area contributed by atoms with E-state index in [1.807, 2.05) is 32.0 Å². The molecule has 11 nitrogen and oxygen atoms in total. The fraction of sp³-hybridized carbons (Fsp3) is 0.179. The molecule has 0 unspecified atom stereocenters. The van der Waals surface area contributed by atoms with Gasteiger partial charge in [-0.1, -0.05) is 37.3 Å². The highest BCUT2D eigenvalue weighted by atomic mass is 16.4. The van der Waals surface area contributed by atoms with Gasteiger partial charge in [0.15, 0.2) is 0 Å². The Balaban J connectivity index is 1.51. The van der Waals surface area contributed by atoms with E-state index in [0.717, 1.165) is 12.0 Å². The number of carbonyl (C=O) groups is 2. The molecule has 0 aliphatic rings. The Kier molecular flexibility index (Phi) is 6.72. The minimum atomic E-state index is -0.880. The predicted octanol–water partition coefficient (Wildman–Crippen LogP) is 3.60. The molecule has 0 saturated carbocycles. The number of nitrogens with one attached hydrogen (secondary N) is 3. The molecular formula is C28H25N5O6. The van der Waals surface area contributed by atoms with Crippen molar-refractivity contribution in [3.05, 3.63) is 97.8 Å². The standard InChI is InChI=1S/C28H25N5O6/c1-4-12-29-28-30-25-22(26(36)33(28)18-10-7-8-15(2)13-18)21(16(3)38-25)24(35)32-31-23(34)19-14-17-9-5-6-11-20(17)39-27(19)37/h5-11,13-14H,4,12H2,1-3H3,(H,29,30)(H,31,34)(H,32,35). The van der Waals surface area contributed by atoms with Gasteiger partial charge in [-0.25, -0.2) is 9.36 Å². The molecule has 0 atom stereocenters. The zero-order chi connectivity index (χ0) is 27.7. The lowest BCUT2D eigenvalue weighted by Gasteiger charge is -2.14. The molecule has 11 heteroatoms. The van der Waals surface area contributed by atoms with Gasteiger partial charge in [-0.3, -0.25) is 25.2 Å². The molecule has 0 spiro atoms. The van der Waals surface area contributed by atoms with Crippen molar-refractivity contribution >= 4 is 39.8 Å². The first-order valence-electron chi connectivity index (χ1n) is 12.3. The second-order valence-corrected chi connectivity index (χ2v) is 8.95. The van der Waals surface area contributed by atoms with E-state index in [1.165, 1.54) is 17.6 Å². The van der Waals surface area contributed by atoms with E-state index in [1.54, 1.807) is 30.3 Å². The zero-order valence-electron chi connectivity index (χ0n) is 21.5. The summed E-state index contributed by atoms with van der Waals surface area (Å²) in [7, 11) is 0. The number of amides is 2. The summed E-state index contributed by atoms with van der Waals surface area (Å²) in [5.74, 6) is -1.28. The molecule has 5 aromatic rings. The van der Waals surface area contributed by atoms with Gasteiger partial charge < -0.3 is 14.2 Å². The number of rotatable bonds is 6. The van der Waals surface area contributed by atoms with E-state index in [4.69, 9.17) is 8.83 Å². The number of carbonyl (C=O) groups excluding carboxylic acids is 2. The van der Waals surface area contributed by atoms with Crippen molar-refractivity contribution in [2.45, 2.75) is 27.2 Å². The normalized spacial score (nSPS) is 11.1. The average molecular weight is 528 g/mol. The first-order chi connectivity index (χ1) is 18.8. The number of aromatic nitrogens is 2. The van der Waals surface area contributed by atoms with Crippen LogP contribution in [0.3, 0.4) is 0 Å². The summed E-state index contributed by atoms with van der Waals surface area (Å²) in [6.45, 7) is 5.97. The highest BCUT2D eigenvalue weighted by molar-refractivity contribution is 6.07. The van der Waals surface area contributed by atoms with Crippen LogP contribution in [0.15, 0.2) is 73.0 Å². The highest BCUT2D eigenvalue weighted by Gasteiger charge is 2.26. The molecule has 0 fully saturated rings. The molecule has 5 rings (SSSR count). The molecule has 3 aromatic heterocycles. The van der Waals surface area contributed by atoms with Crippen LogP contribution < -0.4 is 27.4 Å². The van der Waals surface area contributed by atoms with Crippen molar-refractivity contribution in [3.8, 4) is 5.69 Å². The van der Waals surface area contributed by atoms with Crippen LogP contribution in [0.5, 0.6) is 0 Å². The van der Waals surface area contributed by atoms with Gasteiger partial charge in [-0.15, -0.1) is 0 Å². The van der Waals surface area contributed by atoms with Crippen LogP contribution in [-0.2, 0) is 0 Å². The summed E-state index contributed by atoms with van der Waals surface area (Å²) in [5, 5.41) is 3.64. The predicted molar refractivity (Wildman–Crippen MR) is 145 cm³/mol. The van der Waals surface area contributed by atoms with Gasteiger partial charge in [0.05, 0.1) is 11.3 Å². The second kappa shape index (κ2) is 10.3. The second-order valence-electron chi connectivity index (χ2n) is 8.95. The zero-order valence-corrected chi connectivity index (χ0v) is 21.5. The molecule has 0 aliphatic heterocycles. The number of hydrogen-bond acceptors (Lipinski definition) is 8. The maximum atomic E-state index is 13.8. The summed E-state index contributed by atoms with van der Waals surface area (Å²) in [6.07, 6.45) is 0.793. The lowest BCUT2D eigenvalue weighted by Crippen LogP contribution is -2.43. The van der Waals surface area contributed by atoms with E-state index >= 15 is 0 Å². The minimum Gasteiger partial charge on any atom is -0.442 e. The minimum absolute atomic E-state index is 0.0216. The molecule has 0 radical (unpaired) electrons. The maximum absolute atomic E-state index is 13.8. The number of para-hydroxylation sites is 1. The maximum Gasteiger partial charge on any atom is 0.349 e. The number of fused-ring (bicyclic) bond motifs is 2.